The first-order chi connectivity index (χ1) is 5.73. The fourth-order valence-corrected chi connectivity index (χ4v) is 1.33. The molecule has 0 aliphatic carbocycles. The van der Waals surface area contributed by atoms with Crippen LogP contribution in [0, 0.1) is 0 Å². The van der Waals surface area contributed by atoms with Crippen molar-refractivity contribution in [1.29, 1.82) is 0 Å². The van der Waals surface area contributed by atoms with Crippen LogP contribution in [0.2, 0.25) is 0 Å². The fraction of sp³-hybridized carbons (Fsp3) is 0.750. The molecule has 6 heteroatoms. The van der Waals surface area contributed by atoms with Crippen molar-refractivity contribution in [2.75, 3.05) is 0 Å². The first-order valence-electron chi connectivity index (χ1n) is 3.99. The topological polar surface area (TPSA) is 75.6 Å². The fourth-order valence-electron chi connectivity index (χ4n) is 1.33. The third-order valence-electron chi connectivity index (χ3n) is 2.56. The molecule has 0 aromatic rings. The van der Waals surface area contributed by atoms with Gasteiger partial charge in [-0.2, -0.15) is 0 Å². The van der Waals surface area contributed by atoms with Gasteiger partial charge in [0, 0.05) is 5.71 Å². The molecule has 0 saturated carbocycles. The summed E-state index contributed by atoms with van der Waals surface area (Å²) in [5.74, 6) is -1.47. The van der Waals surface area contributed by atoms with Gasteiger partial charge in [0.05, 0.1) is 11.5 Å². The van der Waals surface area contributed by atoms with Gasteiger partial charge in [-0.15, -0.1) is 10.3 Å². The van der Waals surface area contributed by atoms with Gasteiger partial charge in [-0.1, -0.05) is 0 Å². The van der Waals surface area contributed by atoms with Gasteiger partial charge in [0.1, 0.15) is 0 Å². The molecule has 14 heavy (non-hydrogen) atoms. The molecule has 0 saturated heterocycles. The van der Waals surface area contributed by atoms with Gasteiger partial charge < -0.3 is 9.90 Å². The van der Waals surface area contributed by atoms with E-state index >= 15 is 0 Å². The number of hydrogen-bond acceptors (Lipinski definition) is 4. The van der Waals surface area contributed by atoms with Crippen LogP contribution >= 0.6 is 0 Å². The number of aliphatic imine (C=N–C) groups is 1. The van der Waals surface area contributed by atoms with Crippen molar-refractivity contribution in [2.24, 2.45) is 4.99 Å². The second-order valence-electron chi connectivity index (χ2n) is 3.86. The van der Waals surface area contributed by atoms with Crippen molar-refractivity contribution >= 4 is 11.7 Å². The summed E-state index contributed by atoms with van der Waals surface area (Å²) in [5.41, 5.74) is -2.13. The summed E-state index contributed by atoms with van der Waals surface area (Å²) >= 11 is 0. The average molecular weight is 223 g/mol. The molecule has 1 atom stereocenters. The van der Waals surface area contributed by atoms with E-state index in [0.29, 0.717) is 10.8 Å². The van der Waals surface area contributed by atoms with Gasteiger partial charge >= 0.3 is 51.4 Å². The predicted molar refractivity (Wildman–Crippen MR) is 43.1 cm³/mol. The molecule has 0 aromatic carbocycles. The average Bonchev–Trinajstić information content (AvgIpc) is 2.14. The predicted octanol–water partition coefficient (Wildman–Crippen LogP) is -3.64. The Kier molecular flexibility index (Phi) is 4.50. The molecule has 0 spiro atoms. The minimum Gasteiger partial charge on any atom is -0.546 e. The van der Waals surface area contributed by atoms with Crippen LogP contribution in [0.25, 0.3) is 0 Å². The molecule has 0 bridgehead atoms. The number of carbonyl (C=O) groups excluding carboxylic acids is 1. The van der Waals surface area contributed by atoms with Crippen molar-refractivity contribution in [2.45, 2.75) is 38.9 Å². The van der Waals surface area contributed by atoms with Crippen molar-refractivity contribution in [3.05, 3.63) is 0 Å². The maximum absolute atomic E-state index is 11.6. The van der Waals surface area contributed by atoms with E-state index in [4.69, 9.17) is 0 Å². The molecule has 0 aromatic heterocycles. The van der Waals surface area contributed by atoms with Crippen LogP contribution in [0.3, 0.4) is 0 Å². The van der Waals surface area contributed by atoms with Crippen LogP contribution in [0.15, 0.2) is 4.99 Å². The zero-order valence-electron chi connectivity index (χ0n) is 9.12. The number of carboxylic acids is 1. The molecule has 5 nitrogen and oxygen atoms in total. The Morgan fingerprint density at radius 3 is 2.00 bits per heavy atom. The maximum Gasteiger partial charge on any atom is 1.00 e. The van der Waals surface area contributed by atoms with Gasteiger partial charge in [-0.3, -0.25) is 4.99 Å². The van der Waals surface area contributed by atoms with Gasteiger partial charge in [0.25, 0.3) is 0 Å². The minimum atomic E-state index is -1.77. The van der Waals surface area contributed by atoms with Gasteiger partial charge in [0.2, 0.25) is 0 Å². The van der Waals surface area contributed by atoms with Crippen molar-refractivity contribution < 1.29 is 66.5 Å². The second-order valence-corrected chi connectivity index (χ2v) is 3.86. The molecule has 1 rings (SSSR count). The number of aliphatic carboxylic acids is 1. The molecule has 0 fully saturated rings. The van der Waals surface area contributed by atoms with Crippen LogP contribution in [0.4, 0.5) is 0 Å². The summed E-state index contributed by atoms with van der Waals surface area (Å²) in [6.07, 6.45) is 0. The number of carbonyl (C=O) groups is 1. The summed E-state index contributed by atoms with van der Waals surface area (Å²) in [5, 5.41) is 22.8. The molecule has 1 unspecified atom stereocenters. The number of rotatable bonds is 1. The Morgan fingerprint density at radius 2 is 1.86 bits per heavy atom. The Balaban J connectivity index is 0.00000169. The smallest absolute Gasteiger partial charge is 0.546 e. The normalized spacial score (nSPS) is 30.8. The molecule has 0 N–H and O–H groups in total. The quantitative estimate of drug-likeness (QED) is 0.430. The van der Waals surface area contributed by atoms with Crippen molar-refractivity contribution in [3.8, 4) is 0 Å². The zero-order chi connectivity index (χ0) is 10.4. The summed E-state index contributed by atoms with van der Waals surface area (Å²) < 4.78 is 0. The minimum absolute atomic E-state index is 0. The third-order valence-corrected chi connectivity index (χ3v) is 2.56. The summed E-state index contributed by atoms with van der Waals surface area (Å²) in [4.78, 5) is 14.5. The molecule has 1 radical (unpaired) electrons. The molecule has 1 aliphatic rings. The van der Waals surface area contributed by atoms with E-state index in [1.165, 1.54) is 6.92 Å². The first-order valence-corrected chi connectivity index (χ1v) is 3.99. The first kappa shape index (κ1) is 14.7. The van der Waals surface area contributed by atoms with Crippen molar-refractivity contribution in [3.63, 3.8) is 0 Å². The van der Waals surface area contributed by atoms with E-state index in [1.54, 1.807) is 20.8 Å². The largest absolute Gasteiger partial charge is 1.00 e. The molecular weight excluding hydrogens is 211 g/mol. The van der Waals surface area contributed by atoms with Crippen LogP contribution < -0.4 is 56.5 Å². The zero-order valence-corrected chi connectivity index (χ0v) is 12.2. The second kappa shape index (κ2) is 4.29. The number of hydroxylamine groups is 2. The molecule has 73 valence electrons. The van der Waals surface area contributed by atoms with Gasteiger partial charge in [-0.25, -0.2) is 0 Å². The van der Waals surface area contributed by atoms with E-state index in [1.807, 2.05) is 0 Å². The van der Waals surface area contributed by atoms with Crippen LogP contribution in [0.1, 0.15) is 27.7 Å². The monoisotopic (exact) mass is 223 g/mol. The molecule has 1 aliphatic heterocycles. The van der Waals surface area contributed by atoms with Gasteiger partial charge in [-0.05, 0) is 27.7 Å². The molecular formula is C8H12KN2O3. The molecule has 1 heterocycles. The van der Waals surface area contributed by atoms with E-state index in [2.05, 4.69) is 4.99 Å². The molecule has 0 amide bonds. The number of carboxylic acid groups (broad SMARTS) is 1. The standard InChI is InChI=1S/C8H13N2O3.K/c1-5-7(2,3)10(13)8(4,9-5)6(11)12;/h1-4H3,(H,11,12);/q;+1/p-1. The number of nitrogens with zero attached hydrogens (tertiary/aromatic N) is 2. The van der Waals surface area contributed by atoms with Crippen LogP contribution in [0.5, 0.6) is 0 Å². The Labute approximate surface area is 126 Å². The Hall–Kier alpha value is 0.696. The maximum atomic E-state index is 11.6. The summed E-state index contributed by atoms with van der Waals surface area (Å²) in [6, 6.07) is 0. The van der Waals surface area contributed by atoms with E-state index in [0.717, 1.165) is 0 Å². The summed E-state index contributed by atoms with van der Waals surface area (Å²) in [6.45, 7) is 6.15. The van der Waals surface area contributed by atoms with E-state index in [-0.39, 0.29) is 51.4 Å². The number of hydrogen-bond donors (Lipinski definition) is 0. The van der Waals surface area contributed by atoms with Crippen molar-refractivity contribution in [1.82, 2.24) is 5.06 Å². The Morgan fingerprint density at radius 1 is 1.43 bits per heavy atom. The Bertz CT molecular complexity index is 290. The van der Waals surface area contributed by atoms with E-state index < -0.39 is 17.2 Å². The SMILES string of the molecule is CC1=NC(C)(C(=O)[O-])N([O])C1(C)C.[K+]. The third kappa shape index (κ3) is 1.97. The van der Waals surface area contributed by atoms with E-state index in [9.17, 15) is 15.1 Å². The summed E-state index contributed by atoms with van der Waals surface area (Å²) in [7, 11) is 0. The van der Waals surface area contributed by atoms with Crippen LogP contribution in [-0.2, 0) is 10.0 Å². The van der Waals surface area contributed by atoms with Gasteiger partial charge in [0.15, 0.2) is 5.66 Å². The van der Waals surface area contributed by atoms with Crippen LogP contribution in [-0.4, -0.2) is 27.9 Å².